The molecule has 6 nitrogen and oxygen atoms in total. The van der Waals surface area contributed by atoms with Crippen LogP contribution in [-0.2, 0) is 23.9 Å². The van der Waals surface area contributed by atoms with E-state index in [1.54, 1.807) is 5.32 Å². The molecule has 0 spiro atoms. The number of esters is 1. The van der Waals surface area contributed by atoms with Gasteiger partial charge in [-0.05, 0) is 13.3 Å². The van der Waals surface area contributed by atoms with Crippen LogP contribution >= 0.6 is 0 Å². The fraction of sp³-hybridized carbons (Fsp3) is 0.583. The Kier molecular flexibility index (Phi) is 4.97. The maximum absolute atomic E-state index is 12.4. The molecule has 1 N–H and O–H groups in total. The van der Waals surface area contributed by atoms with E-state index in [1.807, 2.05) is 0 Å². The van der Waals surface area contributed by atoms with E-state index in [2.05, 4.69) is 4.74 Å². The molecule has 0 unspecified atom stereocenters. The lowest BCUT2D eigenvalue weighted by molar-refractivity contribution is -0.178. The molecule has 0 aromatic heterocycles. The number of hydrogen-bond donors (Lipinski definition) is 1. The van der Waals surface area contributed by atoms with Crippen molar-refractivity contribution in [1.29, 1.82) is 0 Å². The fourth-order valence-electron chi connectivity index (χ4n) is 1.91. The molecule has 0 radical (unpaired) electrons. The molecule has 0 saturated heterocycles. The number of ether oxygens (including phenoxy) is 2. The van der Waals surface area contributed by atoms with E-state index in [0.29, 0.717) is 0 Å². The van der Waals surface area contributed by atoms with Crippen LogP contribution in [0.25, 0.3) is 0 Å². The molecular weight excluding hydrogens is 295 g/mol. The minimum Gasteiger partial charge on any atom is -0.495 e. The van der Waals surface area contributed by atoms with Gasteiger partial charge in [0, 0.05) is 12.5 Å². The van der Waals surface area contributed by atoms with Crippen molar-refractivity contribution < 1.29 is 37.0 Å². The first-order chi connectivity index (χ1) is 9.67. The highest BCUT2D eigenvalue weighted by molar-refractivity contribution is 5.99. The Labute approximate surface area is 118 Å². The van der Waals surface area contributed by atoms with E-state index < -0.39 is 29.4 Å². The summed E-state index contributed by atoms with van der Waals surface area (Å²) in [6, 6.07) is 0. The molecule has 0 saturated carbocycles. The van der Waals surface area contributed by atoms with Gasteiger partial charge in [-0.25, -0.2) is 4.79 Å². The minimum absolute atomic E-state index is 0.000252. The molecule has 9 heteroatoms. The number of rotatable bonds is 4. The molecule has 0 fully saturated rings. The largest absolute Gasteiger partial charge is 0.495 e. The van der Waals surface area contributed by atoms with Gasteiger partial charge < -0.3 is 14.8 Å². The number of methoxy groups -OCH3 is 1. The smallest absolute Gasteiger partial charge is 0.471 e. The first-order valence-electron chi connectivity index (χ1n) is 6.03. The van der Waals surface area contributed by atoms with Gasteiger partial charge in [-0.15, -0.1) is 0 Å². The third-order valence-corrected chi connectivity index (χ3v) is 2.88. The maximum Gasteiger partial charge on any atom is 0.471 e. The second-order valence-electron chi connectivity index (χ2n) is 4.26. The Morgan fingerprint density at radius 2 is 2.05 bits per heavy atom. The van der Waals surface area contributed by atoms with Crippen molar-refractivity contribution in [3.05, 3.63) is 11.8 Å². The Morgan fingerprint density at radius 3 is 2.52 bits per heavy atom. The average Bonchev–Trinajstić information content (AvgIpc) is 2.40. The number of amides is 1. The van der Waals surface area contributed by atoms with Crippen LogP contribution in [0.5, 0.6) is 0 Å². The van der Waals surface area contributed by atoms with Crippen LogP contribution in [0.1, 0.15) is 19.8 Å². The maximum atomic E-state index is 12.4. The van der Waals surface area contributed by atoms with Crippen molar-refractivity contribution in [2.24, 2.45) is 0 Å². The van der Waals surface area contributed by atoms with Gasteiger partial charge in [0.1, 0.15) is 5.76 Å². The zero-order valence-electron chi connectivity index (χ0n) is 11.4. The minimum atomic E-state index is -5.18. The Balaban J connectivity index is 3.26. The van der Waals surface area contributed by atoms with E-state index in [0.717, 1.165) is 13.2 Å². The van der Waals surface area contributed by atoms with Crippen LogP contribution in [0.4, 0.5) is 13.2 Å². The number of nitrogens with one attached hydrogen (secondary N) is 1. The van der Waals surface area contributed by atoms with E-state index in [1.165, 1.54) is 6.92 Å². The summed E-state index contributed by atoms with van der Waals surface area (Å²) in [6.07, 6.45) is -4.86. The number of ketones is 1. The molecule has 1 aliphatic carbocycles. The predicted octanol–water partition coefficient (Wildman–Crippen LogP) is 0.860. The van der Waals surface area contributed by atoms with E-state index in [4.69, 9.17) is 4.74 Å². The number of alkyl halides is 3. The van der Waals surface area contributed by atoms with Gasteiger partial charge in [-0.1, -0.05) is 0 Å². The molecule has 0 heterocycles. The molecule has 1 amide bonds. The van der Waals surface area contributed by atoms with Crippen LogP contribution in [0, 0.1) is 0 Å². The van der Waals surface area contributed by atoms with E-state index >= 15 is 0 Å². The number of hydrogen-bond acceptors (Lipinski definition) is 5. The van der Waals surface area contributed by atoms with Crippen molar-refractivity contribution >= 4 is 17.7 Å². The summed E-state index contributed by atoms with van der Waals surface area (Å²) >= 11 is 0. The third-order valence-electron chi connectivity index (χ3n) is 2.88. The van der Waals surface area contributed by atoms with Crippen molar-refractivity contribution in [2.45, 2.75) is 31.5 Å². The van der Waals surface area contributed by atoms with E-state index in [9.17, 15) is 27.6 Å². The topological polar surface area (TPSA) is 81.7 Å². The van der Waals surface area contributed by atoms with Crippen molar-refractivity contribution in [3.8, 4) is 0 Å². The quantitative estimate of drug-likeness (QED) is 0.779. The highest BCUT2D eigenvalue weighted by Gasteiger charge is 2.53. The average molecular weight is 309 g/mol. The first kappa shape index (κ1) is 17.0. The van der Waals surface area contributed by atoms with Gasteiger partial charge in [0.05, 0.1) is 13.7 Å². The lowest BCUT2D eigenvalue weighted by atomic mass is 9.84. The number of allylic oxidation sites excluding steroid dienone is 1. The fourth-order valence-corrected chi connectivity index (χ4v) is 1.91. The highest BCUT2D eigenvalue weighted by Crippen LogP contribution is 2.31. The normalized spacial score (nSPS) is 22.3. The lowest BCUT2D eigenvalue weighted by Crippen LogP contribution is -2.60. The van der Waals surface area contributed by atoms with Gasteiger partial charge in [0.15, 0.2) is 11.3 Å². The monoisotopic (exact) mass is 309 g/mol. The van der Waals surface area contributed by atoms with Crippen molar-refractivity contribution in [3.63, 3.8) is 0 Å². The molecular formula is C12H14F3NO5. The lowest BCUT2D eigenvalue weighted by Gasteiger charge is -2.35. The Hall–Kier alpha value is -2.06. The third kappa shape index (κ3) is 3.53. The zero-order chi connectivity index (χ0) is 16.3. The van der Waals surface area contributed by atoms with Crippen LogP contribution in [0.3, 0.4) is 0 Å². The molecule has 1 rings (SSSR count). The summed E-state index contributed by atoms with van der Waals surface area (Å²) in [4.78, 5) is 34.5. The predicted molar refractivity (Wildman–Crippen MR) is 62.9 cm³/mol. The van der Waals surface area contributed by atoms with Crippen LogP contribution < -0.4 is 5.32 Å². The zero-order valence-corrected chi connectivity index (χ0v) is 11.4. The van der Waals surface area contributed by atoms with Crippen LogP contribution in [0.2, 0.25) is 0 Å². The Morgan fingerprint density at radius 1 is 1.43 bits per heavy atom. The SMILES string of the molecule is CCOC1=CC(=O)CC[C@]1(NC(=O)C(F)(F)F)C(=O)OC. The number of carbonyl (C=O) groups excluding carboxylic acids is 3. The molecule has 0 bridgehead atoms. The standard InChI is InChI=1S/C12H14F3NO5/c1-3-21-8-6-7(17)4-5-11(8,10(19)20-2)16-9(18)12(13,14)15/h6H,3-5H2,1-2H3,(H,16,18)/t11-/m1/s1. The molecule has 0 aromatic carbocycles. The van der Waals surface area contributed by atoms with Crippen molar-refractivity contribution in [2.75, 3.05) is 13.7 Å². The second-order valence-corrected chi connectivity index (χ2v) is 4.26. The Bertz CT molecular complexity index is 486. The van der Waals surface area contributed by atoms with Gasteiger partial charge in [-0.2, -0.15) is 13.2 Å². The summed E-state index contributed by atoms with van der Waals surface area (Å²) in [6.45, 7) is 1.52. The summed E-state index contributed by atoms with van der Waals surface area (Å²) in [5.74, 6) is -4.22. The molecule has 118 valence electrons. The molecule has 1 aliphatic rings. The summed E-state index contributed by atoms with van der Waals surface area (Å²) in [7, 11) is 0.962. The number of carbonyl (C=O) groups is 3. The highest BCUT2D eigenvalue weighted by atomic mass is 19.4. The van der Waals surface area contributed by atoms with Gasteiger partial charge >= 0.3 is 18.1 Å². The molecule has 0 aromatic rings. The number of halogens is 3. The van der Waals surface area contributed by atoms with E-state index in [-0.39, 0.29) is 25.2 Å². The van der Waals surface area contributed by atoms with Crippen LogP contribution in [0.15, 0.2) is 11.8 Å². The molecule has 0 aliphatic heterocycles. The summed E-state index contributed by atoms with van der Waals surface area (Å²) < 4.78 is 46.8. The first-order valence-corrected chi connectivity index (χ1v) is 6.03. The second kappa shape index (κ2) is 6.15. The van der Waals surface area contributed by atoms with Gasteiger partial charge in [0.25, 0.3) is 0 Å². The van der Waals surface area contributed by atoms with Crippen LogP contribution in [-0.4, -0.2) is 43.1 Å². The van der Waals surface area contributed by atoms with Gasteiger partial charge in [-0.3, -0.25) is 9.59 Å². The van der Waals surface area contributed by atoms with Gasteiger partial charge in [0.2, 0.25) is 0 Å². The molecule has 1 atom stereocenters. The summed E-state index contributed by atoms with van der Waals surface area (Å²) in [5, 5.41) is 1.59. The van der Waals surface area contributed by atoms with Crippen molar-refractivity contribution in [1.82, 2.24) is 5.32 Å². The molecule has 21 heavy (non-hydrogen) atoms. The summed E-state index contributed by atoms with van der Waals surface area (Å²) in [5.41, 5.74) is -2.15.